The van der Waals surface area contributed by atoms with Crippen LogP contribution in [0.25, 0.3) is 0 Å². The van der Waals surface area contributed by atoms with Gasteiger partial charge in [-0.05, 0) is 39.2 Å². The van der Waals surface area contributed by atoms with Gasteiger partial charge < -0.3 is 15.4 Å². The van der Waals surface area contributed by atoms with Crippen LogP contribution in [0.15, 0.2) is 0 Å². The molecule has 0 aromatic carbocycles. The zero-order valence-electron chi connectivity index (χ0n) is 16.2. The second-order valence-electron chi connectivity index (χ2n) is 6.37. The normalized spacial score (nSPS) is 15.7. The Morgan fingerprint density at radius 2 is 1.81 bits per heavy atom. The number of urea groups is 1. The van der Waals surface area contributed by atoms with E-state index < -0.39 is 35.9 Å². The minimum Gasteiger partial charge on any atom is -0.462 e. The number of carbonyl (C=O) groups excluding carboxylic acids is 4. The molecule has 1 aliphatic heterocycles. The van der Waals surface area contributed by atoms with Gasteiger partial charge in [0, 0.05) is 4.88 Å². The van der Waals surface area contributed by atoms with Crippen LogP contribution in [0.4, 0.5) is 9.80 Å². The van der Waals surface area contributed by atoms with Crippen molar-refractivity contribution in [1.29, 1.82) is 0 Å². The molecule has 0 atom stereocenters. The fourth-order valence-electron chi connectivity index (χ4n) is 3.02. The Kier molecular flexibility index (Phi) is 6.25. The molecule has 8 nitrogen and oxygen atoms in total. The third-order valence-electron chi connectivity index (χ3n) is 4.87. The highest BCUT2D eigenvalue weighted by Gasteiger charge is 2.49. The van der Waals surface area contributed by atoms with Crippen molar-refractivity contribution in [2.24, 2.45) is 0 Å². The quantitative estimate of drug-likeness (QED) is 0.545. The van der Waals surface area contributed by atoms with E-state index in [9.17, 15) is 19.2 Å². The van der Waals surface area contributed by atoms with E-state index >= 15 is 0 Å². The predicted molar refractivity (Wildman–Crippen MR) is 102 cm³/mol. The second kappa shape index (κ2) is 8.08. The molecular weight excluding hydrogens is 370 g/mol. The lowest BCUT2D eigenvalue weighted by molar-refractivity contribution is -0.134. The summed E-state index contributed by atoms with van der Waals surface area (Å²) in [6.45, 7) is 8.76. The molecule has 0 bridgehead atoms. The Morgan fingerprint density at radius 1 is 1.19 bits per heavy atom. The number of hydrogen-bond acceptors (Lipinski definition) is 6. The first-order valence-corrected chi connectivity index (χ1v) is 9.73. The second-order valence-corrected chi connectivity index (χ2v) is 7.59. The van der Waals surface area contributed by atoms with Crippen LogP contribution in [-0.4, -0.2) is 47.4 Å². The molecule has 1 aromatic rings. The van der Waals surface area contributed by atoms with Crippen LogP contribution in [0.5, 0.6) is 0 Å². The standard InChI is InChI=1S/C18H25N3O5S/c1-6-18(7-2)16(24)21(17(25)20-18)9-12(22)19-14-13(15(23)26-8-3)10(4)11(5)27-14/h6-9H2,1-5H3,(H,19,22)(H,20,25). The number of carbonyl (C=O) groups is 4. The summed E-state index contributed by atoms with van der Waals surface area (Å²) in [6, 6.07) is -0.581. The van der Waals surface area contributed by atoms with Gasteiger partial charge in [0.1, 0.15) is 17.1 Å². The summed E-state index contributed by atoms with van der Waals surface area (Å²) in [4.78, 5) is 51.2. The van der Waals surface area contributed by atoms with Crippen LogP contribution in [0.3, 0.4) is 0 Å². The summed E-state index contributed by atoms with van der Waals surface area (Å²) in [5.74, 6) is -1.47. The average Bonchev–Trinajstić information content (AvgIpc) is 3.03. The molecule has 0 aliphatic carbocycles. The van der Waals surface area contributed by atoms with Crippen LogP contribution in [0.1, 0.15) is 54.4 Å². The minimum atomic E-state index is -0.955. The molecule has 2 heterocycles. The Bertz CT molecular complexity index is 782. The van der Waals surface area contributed by atoms with E-state index in [-0.39, 0.29) is 6.61 Å². The van der Waals surface area contributed by atoms with Crippen molar-refractivity contribution < 1.29 is 23.9 Å². The third-order valence-corrected chi connectivity index (χ3v) is 6.00. The first-order valence-electron chi connectivity index (χ1n) is 8.91. The summed E-state index contributed by atoms with van der Waals surface area (Å²) in [5.41, 5.74) is 0.0879. The molecule has 27 heavy (non-hydrogen) atoms. The zero-order valence-corrected chi connectivity index (χ0v) is 17.0. The van der Waals surface area contributed by atoms with Gasteiger partial charge in [-0.3, -0.25) is 14.5 Å². The molecule has 0 spiro atoms. The third kappa shape index (κ3) is 3.83. The maximum absolute atomic E-state index is 12.6. The maximum Gasteiger partial charge on any atom is 0.341 e. The molecule has 1 fully saturated rings. The van der Waals surface area contributed by atoms with Crippen molar-refractivity contribution >= 4 is 40.2 Å². The molecule has 4 amide bonds. The molecule has 0 radical (unpaired) electrons. The van der Waals surface area contributed by atoms with Gasteiger partial charge in [-0.25, -0.2) is 9.59 Å². The zero-order chi connectivity index (χ0) is 20.4. The summed E-state index contributed by atoms with van der Waals surface area (Å²) in [5, 5.41) is 5.69. The largest absolute Gasteiger partial charge is 0.462 e. The fraction of sp³-hybridized carbons (Fsp3) is 0.556. The number of aryl methyl sites for hydroxylation is 1. The van der Waals surface area contributed by atoms with E-state index in [2.05, 4.69) is 10.6 Å². The first kappa shape index (κ1) is 20.9. The molecule has 148 valence electrons. The molecule has 2 N–H and O–H groups in total. The number of thiophene rings is 1. The summed E-state index contributed by atoms with van der Waals surface area (Å²) < 4.78 is 5.06. The van der Waals surface area contributed by atoms with Gasteiger partial charge in [0.05, 0.1) is 12.2 Å². The highest BCUT2D eigenvalue weighted by Crippen LogP contribution is 2.33. The van der Waals surface area contributed by atoms with Crippen molar-refractivity contribution in [2.45, 2.75) is 53.0 Å². The van der Waals surface area contributed by atoms with Gasteiger partial charge in [0.15, 0.2) is 0 Å². The summed E-state index contributed by atoms with van der Waals surface area (Å²) in [7, 11) is 0. The van der Waals surface area contributed by atoms with Gasteiger partial charge in [0.2, 0.25) is 5.91 Å². The number of anilines is 1. The van der Waals surface area contributed by atoms with Gasteiger partial charge in [-0.1, -0.05) is 13.8 Å². The number of rotatable bonds is 7. The predicted octanol–water partition coefficient (Wildman–Crippen LogP) is 2.59. The van der Waals surface area contributed by atoms with Crippen LogP contribution in [0.2, 0.25) is 0 Å². The topological polar surface area (TPSA) is 105 Å². The van der Waals surface area contributed by atoms with E-state index in [1.54, 1.807) is 13.8 Å². The highest BCUT2D eigenvalue weighted by molar-refractivity contribution is 7.16. The number of esters is 1. The first-order chi connectivity index (χ1) is 12.7. The van der Waals surface area contributed by atoms with E-state index in [1.165, 1.54) is 11.3 Å². The molecule has 0 saturated carbocycles. The monoisotopic (exact) mass is 395 g/mol. The molecule has 1 aliphatic rings. The van der Waals surface area contributed by atoms with Gasteiger partial charge >= 0.3 is 12.0 Å². The summed E-state index contributed by atoms with van der Waals surface area (Å²) in [6.07, 6.45) is 0.894. The van der Waals surface area contributed by atoms with E-state index in [0.717, 1.165) is 15.3 Å². The Balaban J connectivity index is 2.17. The molecule has 1 saturated heterocycles. The minimum absolute atomic E-state index is 0.221. The molecule has 2 rings (SSSR count). The number of ether oxygens (including phenoxy) is 1. The number of imide groups is 1. The maximum atomic E-state index is 12.6. The fourth-order valence-corrected chi connectivity index (χ4v) is 4.09. The Labute approximate surface area is 162 Å². The Morgan fingerprint density at radius 3 is 2.33 bits per heavy atom. The van der Waals surface area contributed by atoms with Crippen LogP contribution in [0, 0.1) is 13.8 Å². The number of hydrogen-bond donors (Lipinski definition) is 2. The highest BCUT2D eigenvalue weighted by atomic mass is 32.1. The lowest BCUT2D eigenvalue weighted by atomic mass is 9.93. The molecular formula is C18H25N3O5S. The van der Waals surface area contributed by atoms with Crippen molar-refractivity contribution in [3.8, 4) is 0 Å². The van der Waals surface area contributed by atoms with Gasteiger partial charge in [0.25, 0.3) is 5.91 Å². The van der Waals surface area contributed by atoms with E-state index in [4.69, 9.17) is 4.74 Å². The number of nitrogens with zero attached hydrogens (tertiary/aromatic N) is 1. The Hall–Kier alpha value is -2.42. The van der Waals surface area contributed by atoms with Gasteiger partial charge in [-0.15, -0.1) is 11.3 Å². The van der Waals surface area contributed by atoms with Crippen molar-refractivity contribution in [3.63, 3.8) is 0 Å². The average molecular weight is 395 g/mol. The van der Waals surface area contributed by atoms with E-state index in [1.807, 2.05) is 20.8 Å². The van der Waals surface area contributed by atoms with Crippen LogP contribution >= 0.6 is 11.3 Å². The van der Waals surface area contributed by atoms with Crippen molar-refractivity contribution in [3.05, 3.63) is 16.0 Å². The summed E-state index contributed by atoms with van der Waals surface area (Å²) >= 11 is 1.26. The lowest BCUT2D eigenvalue weighted by Crippen LogP contribution is -2.46. The molecule has 0 unspecified atom stereocenters. The lowest BCUT2D eigenvalue weighted by Gasteiger charge is -2.22. The van der Waals surface area contributed by atoms with E-state index in [0.29, 0.717) is 23.4 Å². The SMILES string of the molecule is CCOC(=O)c1c(NC(=O)CN2C(=O)NC(CC)(CC)C2=O)sc(C)c1C. The van der Waals surface area contributed by atoms with Crippen molar-refractivity contribution in [1.82, 2.24) is 10.2 Å². The van der Waals surface area contributed by atoms with Crippen LogP contribution in [-0.2, 0) is 14.3 Å². The smallest absolute Gasteiger partial charge is 0.341 e. The van der Waals surface area contributed by atoms with Crippen LogP contribution < -0.4 is 10.6 Å². The van der Waals surface area contributed by atoms with Gasteiger partial charge in [-0.2, -0.15) is 0 Å². The number of amides is 4. The molecule has 9 heteroatoms. The molecule has 1 aromatic heterocycles. The number of nitrogens with one attached hydrogen (secondary N) is 2. The van der Waals surface area contributed by atoms with Crippen molar-refractivity contribution in [2.75, 3.05) is 18.5 Å².